The minimum absolute atomic E-state index is 1.02. The molecule has 1 heterocycles. The molecule has 0 atom stereocenters. The van der Waals surface area contributed by atoms with Crippen LogP contribution in [0.4, 0.5) is 0 Å². The van der Waals surface area contributed by atoms with Crippen molar-refractivity contribution in [3.8, 4) is 0 Å². The molecule has 0 aromatic rings. The fourth-order valence-electron chi connectivity index (χ4n) is 1.45. The summed E-state index contributed by atoms with van der Waals surface area (Å²) in [7, 11) is 0. The summed E-state index contributed by atoms with van der Waals surface area (Å²) in [6, 6.07) is 0. The molecule has 0 saturated heterocycles. The molecule has 1 nitrogen and oxygen atoms in total. The molecule has 0 spiro atoms. The Hall–Kier alpha value is -0.820. The van der Waals surface area contributed by atoms with Crippen LogP contribution < -0.4 is 5.32 Å². The minimum atomic E-state index is 1.02. The highest BCUT2D eigenvalue weighted by molar-refractivity contribution is 5.40. The van der Waals surface area contributed by atoms with Crippen LogP contribution in [0.5, 0.6) is 0 Å². The first kappa shape index (κ1) is 9.27. The van der Waals surface area contributed by atoms with Gasteiger partial charge in [0.15, 0.2) is 0 Å². The van der Waals surface area contributed by atoms with E-state index in [4.69, 9.17) is 0 Å². The Kier molecular flexibility index (Phi) is 3.81. The number of hydrogen-bond donors (Lipinski definition) is 1. The van der Waals surface area contributed by atoms with Crippen molar-refractivity contribution in [2.24, 2.45) is 0 Å². The van der Waals surface area contributed by atoms with Crippen molar-refractivity contribution >= 4 is 0 Å². The molecule has 0 saturated carbocycles. The predicted octanol–water partition coefficient (Wildman–Crippen LogP) is 2.43. The second kappa shape index (κ2) is 4.94. The van der Waals surface area contributed by atoms with Crippen molar-refractivity contribution in [1.29, 1.82) is 0 Å². The van der Waals surface area contributed by atoms with Crippen LogP contribution in [0.1, 0.15) is 20.3 Å². The van der Waals surface area contributed by atoms with E-state index < -0.39 is 0 Å². The lowest BCUT2D eigenvalue weighted by Gasteiger charge is -2.14. The zero-order valence-electron chi connectivity index (χ0n) is 7.93. The number of rotatable bonds is 2. The van der Waals surface area contributed by atoms with Crippen LogP contribution in [0.15, 0.2) is 35.5 Å². The third-order valence-electron chi connectivity index (χ3n) is 2.09. The second-order valence-electron chi connectivity index (χ2n) is 2.93. The molecule has 0 amide bonds. The first-order valence-corrected chi connectivity index (χ1v) is 4.57. The quantitative estimate of drug-likeness (QED) is 0.616. The van der Waals surface area contributed by atoms with Gasteiger partial charge in [0.2, 0.25) is 0 Å². The SMILES string of the molecule is C/C=C\C(=C/C)C1=CCNCC1. The van der Waals surface area contributed by atoms with Gasteiger partial charge >= 0.3 is 0 Å². The maximum Gasteiger partial charge on any atom is 0.0140 e. The number of hydrogen-bond acceptors (Lipinski definition) is 1. The molecular weight excluding hydrogens is 146 g/mol. The summed E-state index contributed by atoms with van der Waals surface area (Å²) < 4.78 is 0. The van der Waals surface area contributed by atoms with Crippen LogP contribution in [0.25, 0.3) is 0 Å². The van der Waals surface area contributed by atoms with Crippen molar-refractivity contribution in [1.82, 2.24) is 5.32 Å². The minimum Gasteiger partial charge on any atom is -0.313 e. The van der Waals surface area contributed by atoms with Gasteiger partial charge in [-0.05, 0) is 38.0 Å². The summed E-state index contributed by atoms with van der Waals surface area (Å²) in [6.45, 7) is 6.29. The predicted molar refractivity (Wildman–Crippen MR) is 54.1 cm³/mol. The molecule has 1 heteroatoms. The summed E-state index contributed by atoms with van der Waals surface area (Å²) in [5.74, 6) is 0. The Bertz CT molecular complexity index is 221. The van der Waals surface area contributed by atoms with Gasteiger partial charge in [0.25, 0.3) is 0 Å². The zero-order valence-corrected chi connectivity index (χ0v) is 7.93. The first-order chi connectivity index (χ1) is 5.88. The Labute approximate surface area is 74.9 Å². The van der Waals surface area contributed by atoms with Crippen molar-refractivity contribution in [2.75, 3.05) is 13.1 Å². The Morgan fingerprint density at radius 1 is 1.50 bits per heavy atom. The third-order valence-corrected chi connectivity index (χ3v) is 2.09. The lowest BCUT2D eigenvalue weighted by molar-refractivity contribution is 0.709. The van der Waals surface area contributed by atoms with E-state index in [0.29, 0.717) is 0 Å². The molecule has 66 valence electrons. The van der Waals surface area contributed by atoms with Gasteiger partial charge < -0.3 is 5.32 Å². The smallest absolute Gasteiger partial charge is 0.0140 e. The van der Waals surface area contributed by atoms with E-state index in [1.807, 2.05) is 0 Å². The highest BCUT2D eigenvalue weighted by Crippen LogP contribution is 2.16. The molecule has 0 bridgehead atoms. The highest BCUT2D eigenvalue weighted by atomic mass is 14.8. The highest BCUT2D eigenvalue weighted by Gasteiger charge is 2.04. The Morgan fingerprint density at radius 3 is 2.83 bits per heavy atom. The van der Waals surface area contributed by atoms with Crippen LogP contribution in [-0.2, 0) is 0 Å². The summed E-state index contributed by atoms with van der Waals surface area (Å²) in [5.41, 5.74) is 2.85. The Morgan fingerprint density at radius 2 is 2.33 bits per heavy atom. The fourth-order valence-corrected chi connectivity index (χ4v) is 1.45. The largest absolute Gasteiger partial charge is 0.313 e. The average molecular weight is 163 g/mol. The molecule has 1 aliphatic heterocycles. The van der Waals surface area contributed by atoms with Gasteiger partial charge in [0.05, 0.1) is 0 Å². The van der Waals surface area contributed by atoms with Crippen molar-refractivity contribution < 1.29 is 0 Å². The van der Waals surface area contributed by atoms with E-state index >= 15 is 0 Å². The monoisotopic (exact) mass is 163 g/mol. The van der Waals surface area contributed by atoms with Crippen molar-refractivity contribution in [2.45, 2.75) is 20.3 Å². The Balaban J connectivity index is 2.71. The van der Waals surface area contributed by atoms with Gasteiger partial charge in [-0.2, -0.15) is 0 Å². The molecule has 1 aliphatic rings. The van der Waals surface area contributed by atoms with Crippen LogP contribution in [0.2, 0.25) is 0 Å². The summed E-state index contributed by atoms with van der Waals surface area (Å²) in [5, 5.41) is 3.31. The molecule has 0 unspecified atom stereocenters. The molecule has 0 aromatic heterocycles. The maximum atomic E-state index is 3.31. The van der Waals surface area contributed by atoms with E-state index in [0.717, 1.165) is 19.5 Å². The molecule has 12 heavy (non-hydrogen) atoms. The molecule has 0 aliphatic carbocycles. The third kappa shape index (κ3) is 2.35. The van der Waals surface area contributed by atoms with E-state index in [2.05, 4.69) is 43.5 Å². The van der Waals surface area contributed by atoms with Crippen LogP contribution in [0.3, 0.4) is 0 Å². The normalized spacial score (nSPS) is 19.8. The topological polar surface area (TPSA) is 12.0 Å². The van der Waals surface area contributed by atoms with E-state index in [9.17, 15) is 0 Å². The standard InChI is InChI=1S/C11H17N/c1-3-5-10(4-2)11-6-8-12-9-7-11/h3-6,12H,7-9H2,1-2H3/b5-3-,10-4+. The lowest BCUT2D eigenvalue weighted by atomic mass is 10.00. The van der Waals surface area contributed by atoms with Crippen LogP contribution in [0, 0.1) is 0 Å². The summed E-state index contributed by atoms with van der Waals surface area (Å²) >= 11 is 0. The first-order valence-electron chi connectivity index (χ1n) is 4.57. The molecular formula is C11H17N. The summed E-state index contributed by atoms with van der Waals surface area (Å²) in [6.07, 6.45) is 9.88. The maximum absolute atomic E-state index is 3.31. The number of allylic oxidation sites excluding steroid dienone is 4. The van der Waals surface area contributed by atoms with E-state index in [1.165, 1.54) is 11.1 Å². The van der Waals surface area contributed by atoms with Gasteiger partial charge in [-0.1, -0.05) is 24.3 Å². The second-order valence-corrected chi connectivity index (χ2v) is 2.93. The molecule has 1 N–H and O–H groups in total. The van der Waals surface area contributed by atoms with Gasteiger partial charge in [-0.3, -0.25) is 0 Å². The number of nitrogens with one attached hydrogen (secondary N) is 1. The van der Waals surface area contributed by atoms with Gasteiger partial charge in [-0.15, -0.1) is 0 Å². The van der Waals surface area contributed by atoms with Gasteiger partial charge in [-0.25, -0.2) is 0 Å². The lowest BCUT2D eigenvalue weighted by Crippen LogP contribution is -2.20. The van der Waals surface area contributed by atoms with Crippen molar-refractivity contribution in [3.05, 3.63) is 35.5 Å². The molecule has 0 fully saturated rings. The van der Waals surface area contributed by atoms with Gasteiger partial charge in [0, 0.05) is 6.54 Å². The molecule has 1 rings (SSSR count). The summed E-state index contributed by atoms with van der Waals surface area (Å²) in [4.78, 5) is 0. The van der Waals surface area contributed by atoms with Crippen LogP contribution >= 0.6 is 0 Å². The van der Waals surface area contributed by atoms with E-state index in [-0.39, 0.29) is 0 Å². The zero-order chi connectivity index (χ0) is 8.81. The van der Waals surface area contributed by atoms with E-state index in [1.54, 1.807) is 0 Å². The van der Waals surface area contributed by atoms with Crippen molar-refractivity contribution in [3.63, 3.8) is 0 Å². The average Bonchev–Trinajstić information content (AvgIpc) is 2.15. The van der Waals surface area contributed by atoms with Gasteiger partial charge in [0.1, 0.15) is 0 Å². The molecule has 0 radical (unpaired) electrons. The fraction of sp³-hybridized carbons (Fsp3) is 0.455. The van der Waals surface area contributed by atoms with Crippen LogP contribution in [-0.4, -0.2) is 13.1 Å². The molecule has 0 aromatic carbocycles.